The zero-order chi connectivity index (χ0) is 18.7. The fourth-order valence-corrected chi connectivity index (χ4v) is 2.37. The van der Waals surface area contributed by atoms with E-state index in [0.717, 1.165) is 0 Å². The predicted molar refractivity (Wildman–Crippen MR) is 94.2 cm³/mol. The molecule has 0 radical (unpaired) electrons. The van der Waals surface area contributed by atoms with Gasteiger partial charge in [0.2, 0.25) is 0 Å². The number of rotatable bonds is 5. The molecule has 4 N–H and O–H groups in total. The van der Waals surface area contributed by atoms with E-state index in [1.165, 1.54) is 6.07 Å². The number of nitrogens with one attached hydrogen (secondary N) is 2. The molecule has 0 aliphatic carbocycles. The standard InChI is InChI=1S/C18H17N3O5/c1-10-17(23)21-14-8-12(5-6-15(14)26-10)20-18(24)11-3-2-4-13(7-11)25-9-16(19)22/h2-8,10H,9H2,1H3,(H2,19,22)(H,20,24)(H,21,23)/t10-/m0/s1. The van der Waals surface area contributed by atoms with Gasteiger partial charge in [-0.25, -0.2) is 0 Å². The maximum absolute atomic E-state index is 12.4. The molecule has 1 aliphatic heterocycles. The minimum Gasteiger partial charge on any atom is -0.484 e. The van der Waals surface area contributed by atoms with Gasteiger partial charge in [-0.2, -0.15) is 0 Å². The van der Waals surface area contributed by atoms with Crippen LogP contribution in [0.25, 0.3) is 0 Å². The highest BCUT2D eigenvalue weighted by Gasteiger charge is 2.23. The fourth-order valence-electron chi connectivity index (χ4n) is 2.37. The van der Waals surface area contributed by atoms with E-state index >= 15 is 0 Å². The van der Waals surface area contributed by atoms with Crippen molar-refractivity contribution in [2.24, 2.45) is 5.73 Å². The Balaban J connectivity index is 1.72. The first kappa shape index (κ1) is 17.3. The predicted octanol–water partition coefficient (Wildman–Crippen LogP) is 1.52. The van der Waals surface area contributed by atoms with Gasteiger partial charge in [0.05, 0.1) is 5.69 Å². The van der Waals surface area contributed by atoms with Crippen LogP contribution in [-0.2, 0) is 9.59 Å². The molecule has 26 heavy (non-hydrogen) atoms. The van der Waals surface area contributed by atoms with Crippen LogP contribution >= 0.6 is 0 Å². The van der Waals surface area contributed by atoms with Gasteiger partial charge in [0.25, 0.3) is 17.7 Å². The third-order valence-corrected chi connectivity index (χ3v) is 3.65. The van der Waals surface area contributed by atoms with Gasteiger partial charge < -0.3 is 25.8 Å². The number of hydrogen-bond acceptors (Lipinski definition) is 5. The lowest BCUT2D eigenvalue weighted by Crippen LogP contribution is -2.34. The molecule has 3 amide bonds. The van der Waals surface area contributed by atoms with E-state index < -0.39 is 12.0 Å². The van der Waals surface area contributed by atoms with Gasteiger partial charge in [0.1, 0.15) is 11.5 Å². The first-order valence-corrected chi connectivity index (χ1v) is 7.86. The van der Waals surface area contributed by atoms with E-state index in [0.29, 0.717) is 28.4 Å². The van der Waals surface area contributed by atoms with Crippen molar-refractivity contribution < 1.29 is 23.9 Å². The van der Waals surface area contributed by atoms with E-state index in [9.17, 15) is 14.4 Å². The highest BCUT2D eigenvalue weighted by Crippen LogP contribution is 2.32. The van der Waals surface area contributed by atoms with Crippen LogP contribution in [0.15, 0.2) is 42.5 Å². The number of hydrogen-bond donors (Lipinski definition) is 3. The van der Waals surface area contributed by atoms with Crippen molar-refractivity contribution in [2.75, 3.05) is 17.2 Å². The van der Waals surface area contributed by atoms with Crippen LogP contribution in [0.2, 0.25) is 0 Å². The lowest BCUT2D eigenvalue weighted by Gasteiger charge is -2.23. The number of ether oxygens (including phenoxy) is 2. The van der Waals surface area contributed by atoms with Crippen LogP contribution in [-0.4, -0.2) is 30.4 Å². The number of benzene rings is 2. The van der Waals surface area contributed by atoms with Gasteiger partial charge in [-0.1, -0.05) is 6.07 Å². The van der Waals surface area contributed by atoms with Crippen LogP contribution in [0.1, 0.15) is 17.3 Å². The van der Waals surface area contributed by atoms with E-state index in [2.05, 4.69) is 10.6 Å². The molecule has 0 fully saturated rings. The van der Waals surface area contributed by atoms with E-state index in [1.807, 2.05) is 0 Å². The summed E-state index contributed by atoms with van der Waals surface area (Å²) < 4.78 is 10.7. The smallest absolute Gasteiger partial charge is 0.265 e. The molecule has 0 bridgehead atoms. The number of fused-ring (bicyclic) bond motifs is 1. The van der Waals surface area contributed by atoms with Crippen LogP contribution in [0.3, 0.4) is 0 Å². The molecule has 0 unspecified atom stereocenters. The number of anilines is 2. The maximum Gasteiger partial charge on any atom is 0.265 e. The Kier molecular flexibility index (Phi) is 4.74. The van der Waals surface area contributed by atoms with Crippen LogP contribution < -0.4 is 25.8 Å². The molecule has 0 spiro atoms. The minimum absolute atomic E-state index is 0.250. The van der Waals surface area contributed by atoms with Crippen LogP contribution in [0.5, 0.6) is 11.5 Å². The van der Waals surface area contributed by atoms with Crippen LogP contribution in [0.4, 0.5) is 11.4 Å². The van der Waals surface area contributed by atoms with Gasteiger partial charge in [0.15, 0.2) is 12.7 Å². The normalized spacial score (nSPS) is 15.3. The third-order valence-electron chi connectivity index (χ3n) is 3.65. The Labute approximate surface area is 149 Å². The van der Waals surface area contributed by atoms with Gasteiger partial charge >= 0.3 is 0 Å². The second kappa shape index (κ2) is 7.14. The van der Waals surface area contributed by atoms with E-state index in [1.54, 1.807) is 43.3 Å². The van der Waals surface area contributed by atoms with Gasteiger partial charge in [-0.15, -0.1) is 0 Å². The van der Waals surface area contributed by atoms with Gasteiger partial charge in [-0.3, -0.25) is 14.4 Å². The topological polar surface area (TPSA) is 120 Å². The fraction of sp³-hybridized carbons (Fsp3) is 0.167. The van der Waals surface area contributed by atoms with Crippen molar-refractivity contribution in [1.29, 1.82) is 0 Å². The first-order chi connectivity index (χ1) is 12.4. The number of carbonyl (C=O) groups is 3. The number of nitrogens with two attached hydrogens (primary N) is 1. The molecule has 8 heteroatoms. The van der Waals surface area contributed by atoms with Crippen LogP contribution in [0, 0.1) is 0 Å². The van der Waals surface area contributed by atoms with Gasteiger partial charge in [0, 0.05) is 11.3 Å². The van der Waals surface area contributed by atoms with Crippen molar-refractivity contribution >= 4 is 29.1 Å². The first-order valence-electron chi connectivity index (χ1n) is 7.86. The Hall–Kier alpha value is -3.55. The van der Waals surface area contributed by atoms with E-state index in [4.69, 9.17) is 15.2 Å². The Morgan fingerprint density at radius 2 is 2.08 bits per heavy atom. The average Bonchev–Trinajstić information content (AvgIpc) is 2.61. The second-order valence-corrected chi connectivity index (χ2v) is 5.70. The summed E-state index contributed by atoms with van der Waals surface area (Å²) in [6.45, 7) is 1.38. The summed E-state index contributed by atoms with van der Waals surface area (Å²) in [6.07, 6.45) is -0.564. The molecule has 1 heterocycles. The monoisotopic (exact) mass is 355 g/mol. The zero-order valence-electron chi connectivity index (χ0n) is 13.9. The summed E-state index contributed by atoms with van der Waals surface area (Å²) in [6, 6.07) is 11.3. The Morgan fingerprint density at radius 1 is 1.27 bits per heavy atom. The Morgan fingerprint density at radius 3 is 2.85 bits per heavy atom. The number of carbonyl (C=O) groups excluding carboxylic acids is 3. The number of primary amides is 1. The molecule has 0 saturated heterocycles. The van der Waals surface area contributed by atoms with Crippen molar-refractivity contribution in [1.82, 2.24) is 0 Å². The molecule has 0 aromatic heterocycles. The van der Waals surface area contributed by atoms with Gasteiger partial charge in [-0.05, 0) is 43.3 Å². The zero-order valence-corrected chi connectivity index (χ0v) is 13.9. The lowest BCUT2D eigenvalue weighted by molar-refractivity contribution is -0.122. The van der Waals surface area contributed by atoms with Crippen molar-refractivity contribution in [3.8, 4) is 11.5 Å². The number of amides is 3. The highest BCUT2D eigenvalue weighted by atomic mass is 16.5. The molecule has 1 atom stereocenters. The second-order valence-electron chi connectivity index (χ2n) is 5.70. The molecule has 0 saturated carbocycles. The largest absolute Gasteiger partial charge is 0.484 e. The highest BCUT2D eigenvalue weighted by molar-refractivity contribution is 6.05. The summed E-state index contributed by atoms with van der Waals surface area (Å²) in [5.74, 6) is -0.327. The molecule has 2 aromatic rings. The summed E-state index contributed by atoms with van der Waals surface area (Å²) in [4.78, 5) is 34.9. The minimum atomic E-state index is -0.604. The summed E-state index contributed by atoms with van der Waals surface area (Å²) in [5, 5.41) is 5.45. The average molecular weight is 355 g/mol. The van der Waals surface area contributed by atoms with Crippen molar-refractivity contribution in [3.63, 3.8) is 0 Å². The Bertz CT molecular complexity index is 881. The summed E-state index contributed by atoms with van der Waals surface area (Å²) >= 11 is 0. The molecule has 8 nitrogen and oxygen atoms in total. The van der Waals surface area contributed by atoms with Crippen molar-refractivity contribution in [3.05, 3.63) is 48.0 Å². The quantitative estimate of drug-likeness (QED) is 0.751. The van der Waals surface area contributed by atoms with Crippen molar-refractivity contribution in [2.45, 2.75) is 13.0 Å². The molecule has 2 aromatic carbocycles. The maximum atomic E-state index is 12.4. The SMILES string of the molecule is C[C@@H]1Oc2ccc(NC(=O)c3cccc(OCC(N)=O)c3)cc2NC1=O. The summed E-state index contributed by atoms with van der Waals surface area (Å²) in [5.41, 5.74) is 6.36. The molecule has 134 valence electrons. The third kappa shape index (κ3) is 3.92. The molecule has 3 rings (SSSR count). The van der Waals surface area contributed by atoms with E-state index in [-0.39, 0.29) is 18.4 Å². The molecular formula is C18H17N3O5. The molecular weight excluding hydrogens is 338 g/mol. The lowest BCUT2D eigenvalue weighted by atomic mass is 10.1. The summed E-state index contributed by atoms with van der Waals surface area (Å²) in [7, 11) is 0. The molecule has 1 aliphatic rings.